The number of ether oxygens (including phenoxy) is 1. The molecule has 0 unspecified atom stereocenters. The quantitative estimate of drug-likeness (QED) is 0.508. The number of methoxy groups -OCH3 is 1. The molecule has 0 saturated carbocycles. The van der Waals surface area contributed by atoms with E-state index in [1.54, 1.807) is 0 Å². The van der Waals surface area contributed by atoms with Crippen LogP contribution in [0.25, 0.3) is 0 Å². The normalized spacial score (nSPS) is 11.9. The first-order valence-electron chi connectivity index (χ1n) is 8.98. The number of anilines is 1. The molecule has 0 heterocycles. The van der Waals surface area contributed by atoms with Crippen LogP contribution >= 0.6 is 11.6 Å². The maximum atomic E-state index is 13.3. The number of aryl methyl sites for hydroxylation is 1. The SMILES string of the molecule is COc1ccc(S(=O)(=O)c2c(C)c(NS(=O)(=O)c3ccc(Cl)cc3)cc(C)c2O)cc1. The molecule has 0 fully saturated rings. The molecule has 0 amide bonds. The summed E-state index contributed by atoms with van der Waals surface area (Å²) in [5, 5.41) is 10.9. The van der Waals surface area contributed by atoms with E-state index in [0.717, 1.165) is 0 Å². The van der Waals surface area contributed by atoms with E-state index in [0.29, 0.717) is 10.8 Å². The van der Waals surface area contributed by atoms with Gasteiger partial charge in [-0.25, -0.2) is 16.8 Å². The van der Waals surface area contributed by atoms with E-state index in [9.17, 15) is 21.9 Å². The molecule has 3 rings (SSSR count). The predicted molar refractivity (Wildman–Crippen MR) is 118 cm³/mol. The Hall–Kier alpha value is -2.75. The molecule has 3 aromatic rings. The second-order valence-corrected chi connectivity index (χ2v) is 10.8. The van der Waals surface area contributed by atoms with Crippen LogP contribution in [0.3, 0.4) is 0 Å². The largest absolute Gasteiger partial charge is 0.506 e. The summed E-state index contributed by atoms with van der Waals surface area (Å²) in [7, 11) is -6.72. The molecular weight excluding hydrogens is 462 g/mol. The number of phenolic OH excluding ortho intramolecular Hbond substituents is 1. The number of hydrogen-bond donors (Lipinski definition) is 2. The molecule has 0 atom stereocenters. The number of phenols is 1. The maximum Gasteiger partial charge on any atom is 0.261 e. The topological polar surface area (TPSA) is 110 Å². The third-order valence-electron chi connectivity index (χ3n) is 4.70. The van der Waals surface area contributed by atoms with Crippen LogP contribution in [0.4, 0.5) is 5.69 Å². The van der Waals surface area contributed by atoms with Crippen LogP contribution in [0.1, 0.15) is 11.1 Å². The molecule has 0 aromatic heterocycles. The third kappa shape index (κ3) is 4.48. The molecule has 2 N–H and O–H groups in total. The van der Waals surface area contributed by atoms with Gasteiger partial charge < -0.3 is 9.84 Å². The lowest BCUT2D eigenvalue weighted by Crippen LogP contribution is -2.15. The first-order valence-corrected chi connectivity index (χ1v) is 12.3. The summed E-state index contributed by atoms with van der Waals surface area (Å²) in [6.07, 6.45) is 0. The number of hydrogen-bond acceptors (Lipinski definition) is 6. The number of aromatic hydroxyl groups is 1. The smallest absolute Gasteiger partial charge is 0.261 e. The van der Waals surface area contributed by atoms with Gasteiger partial charge in [0.15, 0.2) is 0 Å². The highest BCUT2D eigenvalue weighted by Crippen LogP contribution is 2.39. The van der Waals surface area contributed by atoms with Gasteiger partial charge in [0, 0.05) is 5.02 Å². The van der Waals surface area contributed by atoms with Crippen LogP contribution < -0.4 is 9.46 Å². The highest BCUT2D eigenvalue weighted by atomic mass is 35.5. The number of benzene rings is 3. The van der Waals surface area contributed by atoms with Gasteiger partial charge in [0.25, 0.3) is 10.0 Å². The van der Waals surface area contributed by atoms with Crippen molar-refractivity contribution in [1.29, 1.82) is 0 Å². The molecule has 0 radical (unpaired) electrons. The number of nitrogens with one attached hydrogen (secondary N) is 1. The van der Waals surface area contributed by atoms with Crippen LogP contribution in [-0.4, -0.2) is 29.1 Å². The average Bonchev–Trinajstić information content (AvgIpc) is 2.72. The van der Waals surface area contributed by atoms with Gasteiger partial charge in [0.2, 0.25) is 9.84 Å². The van der Waals surface area contributed by atoms with Gasteiger partial charge in [0.1, 0.15) is 16.4 Å². The minimum absolute atomic E-state index is 0.0392. The highest BCUT2D eigenvalue weighted by Gasteiger charge is 2.28. The maximum absolute atomic E-state index is 13.3. The standard InChI is InChI=1S/C21H20ClNO6S2/c1-13-12-19(23-31(27,28)18-8-4-15(22)5-9-18)14(2)21(20(13)24)30(25,26)17-10-6-16(29-3)7-11-17/h4-12,23-24H,1-3H3. The summed E-state index contributed by atoms with van der Waals surface area (Å²) in [6.45, 7) is 2.91. The second kappa shape index (κ2) is 8.41. The van der Waals surface area contributed by atoms with Crippen molar-refractivity contribution in [2.45, 2.75) is 28.5 Å². The summed E-state index contributed by atoms with van der Waals surface area (Å²) in [6, 6.07) is 12.6. The van der Waals surface area contributed by atoms with E-state index in [2.05, 4.69) is 4.72 Å². The summed E-state index contributed by atoms with van der Waals surface area (Å²) in [4.78, 5) is -0.475. The van der Waals surface area contributed by atoms with E-state index in [1.165, 1.54) is 75.6 Å². The fourth-order valence-electron chi connectivity index (χ4n) is 3.00. The molecule has 7 nitrogen and oxygen atoms in total. The molecule has 0 saturated heterocycles. The first-order chi connectivity index (χ1) is 14.5. The van der Waals surface area contributed by atoms with Crippen molar-refractivity contribution in [1.82, 2.24) is 0 Å². The molecule has 0 aliphatic heterocycles. The predicted octanol–water partition coefficient (Wildman–Crippen LogP) is 4.30. The van der Waals surface area contributed by atoms with Gasteiger partial charge in [-0.2, -0.15) is 0 Å². The summed E-state index contributed by atoms with van der Waals surface area (Å²) in [5.41, 5.74) is 0.306. The van der Waals surface area contributed by atoms with Crippen LogP contribution in [-0.2, 0) is 19.9 Å². The van der Waals surface area contributed by atoms with Gasteiger partial charge in [-0.3, -0.25) is 4.72 Å². The van der Waals surface area contributed by atoms with Crippen molar-refractivity contribution in [3.8, 4) is 11.5 Å². The van der Waals surface area contributed by atoms with Crippen LogP contribution in [0.15, 0.2) is 69.3 Å². The Morgan fingerprint density at radius 2 is 1.45 bits per heavy atom. The molecule has 10 heteroatoms. The number of sulfonamides is 1. The molecule has 0 aliphatic rings. The Bertz CT molecular complexity index is 1330. The van der Waals surface area contributed by atoms with E-state index in [1.807, 2.05) is 0 Å². The Labute approximate surface area is 186 Å². The monoisotopic (exact) mass is 481 g/mol. The molecule has 0 spiro atoms. The van der Waals surface area contributed by atoms with Crippen LogP contribution in [0, 0.1) is 13.8 Å². The lowest BCUT2D eigenvalue weighted by atomic mass is 10.1. The lowest BCUT2D eigenvalue weighted by Gasteiger charge is -2.17. The van der Waals surface area contributed by atoms with E-state index < -0.39 is 25.6 Å². The van der Waals surface area contributed by atoms with E-state index in [4.69, 9.17) is 16.3 Å². The van der Waals surface area contributed by atoms with Crippen molar-refractivity contribution in [2.24, 2.45) is 0 Å². The molecule has 0 bridgehead atoms. The number of halogens is 1. The minimum Gasteiger partial charge on any atom is -0.506 e. The zero-order valence-electron chi connectivity index (χ0n) is 16.9. The second-order valence-electron chi connectivity index (χ2n) is 6.78. The Balaban J connectivity index is 2.12. The van der Waals surface area contributed by atoms with Gasteiger partial charge >= 0.3 is 0 Å². The zero-order chi connectivity index (χ0) is 23.0. The Morgan fingerprint density at radius 3 is 2.00 bits per heavy atom. The van der Waals surface area contributed by atoms with Gasteiger partial charge in [-0.05, 0) is 79.6 Å². The van der Waals surface area contributed by atoms with Crippen molar-refractivity contribution < 1.29 is 26.7 Å². The lowest BCUT2D eigenvalue weighted by molar-refractivity contribution is 0.414. The number of rotatable bonds is 6. The van der Waals surface area contributed by atoms with Crippen LogP contribution in [0.5, 0.6) is 11.5 Å². The van der Waals surface area contributed by atoms with Gasteiger partial charge in [-0.15, -0.1) is 0 Å². The van der Waals surface area contributed by atoms with E-state index in [-0.39, 0.29) is 31.5 Å². The summed E-state index contributed by atoms with van der Waals surface area (Å²) < 4.78 is 59.5. The molecular formula is C21H20ClNO6S2. The molecule has 3 aromatic carbocycles. The van der Waals surface area contributed by atoms with Crippen molar-refractivity contribution in [3.63, 3.8) is 0 Å². The molecule has 164 valence electrons. The van der Waals surface area contributed by atoms with Crippen molar-refractivity contribution in [2.75, 3.05) is 11.8 Å². The van der Waals surface area contributed by atoms with Gasteiger partial charge in [0.05, 0.1) is 22.6 Å². The fourth-order valence-corrected chi connectivity index (χ4v) is 5.90. The zero-order valence-corrected chi connectivity index (χ0v) is 19.3. The van der Waals surface area contributed by atoms with Crippen molar-refractivity contribution in [3.05, 3.63) is 70.7 Å². The Morgan fingerprint density at radius 1 is 0.903 bits per heavy atom. The van der Waals surface area contributed by atoms with Crippen molar-refractivity contribution >= 4 is 37.1 Å². The third-order valence-corrected chi connectivity index (χ3v) is 8.26. The fraction of sp³-hybridized carbons (Fsp3) is 0.143. The minimum atomic E-state index is -4.15. The summed E-state index contributed by atoms with van der Waals surface area (Å²) >= 11 is 5.82. The highest BCUT2D eigenvalue weighted by molar-refractivity contribution is 7.93. The molecule has 31 heavy (non-hydrogen) atoms. The Kier molecular flexibility index (Phi) is 6.22. The number of sulfone groups is 1. The van der Waals surface area contributed by atoms with Gasteiger partial charge in [-0.1, -0.05) is 11.6 Å². The van der Waals surface area contributed by atoms with E-state index >= 15 is 0 Å². The summed E-state index contributed by atoms with van der Waals surface area (Å²) in [5.74, 6) is 0.0308. The molecule has 0 aliphatic carbocycles. The first kappa shape index (κ1) is 22.9. The average molecular weight is 482 g/mol. The van der Waals surface area contributed by atoms with Crippen LogP contribution in [0.2, 0.25) is 5.02 Å².